The Kier molecular flexibility index (Phi) is 6.71. The molecule has 1 saturated heterocycles. The van der Waals surface area contributed by atoms with Crippen LogP contribution < -0.4 is 5.32 Å². The van der Waals surface area contributed by atoms with Crippen LogP contribution in [0.1, 0.15) is 54.5 Å². The van der Waals surface area contributed by atoms with E-state index in [9.17, 15) is 23.2 Å². The molecule has 36 heavy (non-hydrogen) atoms. The van der Waals surface area contributed by atoms with E-state index in [-0.39, 0.29) is 25.3 Å². The predicted octanol–water partition coefficient (Wildman–Crippen LogP) is 3.42. The SMILES string of the molecule is O=C1C=CC(CC(=O)N2C[C@H](F)C[C@H]2C(=O)N[C@@H](c2ccccc2)c2ccc(C3CC3)c(F)n2)C=N1. The average Bonchev–Trinajstić information content (AvgIpc) is 3.64. The third-order valence-corrected chi connectivity index (χ3v) is 6.79. The summed E-state index contributed by atoms with van der Waals surface area (Å²) >= 11 is 0. The molecule has 9 heteroatoms. The molecule has 2 aliphatic heterocycles. The maximum Gasteiger partial charge on any atom is 0.269 e. The van der Waals surface area contributed by atoms with E-state index in [1.54, 1.807) is 42.5 Å². The number of dihydropyridines is 1. The molecular weight excluding hydrogens is 466 g/mol. The number of nitrogens with one attached hydrogen (secondary N) is 1. The van der Waals surface area contributed by atoms with Crippen LogP contribution in [0, 0.1) is 11.9 Å². The second kappa shape index (κ2) is 10.1. The predicted molar refractivity (Wildman–Crippen MR) is 128 cm³/mol. The summed E-state index contributed by atoms with van der Waals surface area (Å²) in [5.74, 6) is -2.09. The number of amides is 3. The first kappa shape index (κ1) is 24.0. The van der Waals surface area contributed by atoms with E-state index in [2.05, 4.69) is 15.3 Å². The number of nitrogens with zero attached hydrogens (tertiary/aromatic N) is 3. The molecule has 0 bridgehead atoms. The van der Waals surface area contributed by atoms with Crippen molar-refractivity contribution >= 4 is 23.9 Å². The van der Waals surface area contributed by atoms with Gasteiger partial charge in [-0.15, -0.1) is 0 Å². The van der Waals surface area contributed by atoms with Crippen molar-refractivity contribution < 1.29 is 23.2 Å². The summed E-state index contributed by atoms with van der Waals surface area (Å²) < 4.78 is 29.2. The van der Waals surface area contributed by atoms with Crippen molar-refractivity contribution in [3.63, 3.8) is 0 Å². The number of rotatable bonds is 7. The van der Waals surface area contributed by atoms with E-state index in [4.69, 9.17) is 0 Å². The van der Waals surface area contributed by atoms with Crippen LogP contribution in [0.2, 0.25) is 0 Å². The van der Waals surface area contributed by atoms with Crippen molar-refractivity contribution in [2.24, 2.45) is 10.9 Å². The fourth-order valence-electron chi connectivity index (χ4n) is 4.75. The Labute approximate surface area is 207 Å². The highest BCUT2D eigenvalue weighted by molar-refractivity contribution is 5.98. The molecular formula is C27H26F2N4O3. The van der Waals surface area contributed by atoms with Crippen molar-refractivity contribution in [1.82, 2.24) is 15.2 Å². The molecule has 7 nitrogen and oxygen atoms in total. The molecule has 3 heterocycles. The van der Waals surface area contributed by atoms with Crippen LogP contribution in [0.15, 0.2) is 59.6 Å². The quantitative estimate of drug-likeness (QED) is 0.600. The summed E-state index contributed by atoms with van der Waals surface area (Å²) in [6, 6.07) is 10.7. The first-order chi connectivity index (χ1) is 17.4. The van der Waals surface area contributed by atoms with E-state index in [0.29, 0.717) is 16.8 Å². The lowest BCUT2D eigenvalue weighted by molar-refractivity contribution is -0.138. The highest BCUT2D eigenvalue weighted by atomic mass is 19.1. The van der Waals surface area contributed by atoms with Gasteiger partial charge in [-0.2, -0.15) is 4.39 Å². The highest BCUT2D eigenvalue weighted by Gasteiger charge is 2.41. The number of carbonyl (C=O) groups is 3. The third kappa shape index (κ3) is 5.24. The van der Waals surface area contributed by atoms with Crippen LogP contribution in [-0.4, -0.2) is 52.6 Å². The minimum atomic E-state index is -1.34. The van der Waals surface area contributed by atoms with Gasteiger partial charge in [0, 0.05) is 36.6 Å². The molecule has 1 saturated carbocycles. The second-order valence-electron chi connectivity index (χ2n) is 9.48. The molecule has 3 aliphatic rings. The van der Waals surface area contributed by atoms with Gasteiger partial charge in [-0.25, -0.2) is 14.4 Å². The number of hydrogen-bond donors (Lipinski definition) is 1. The first-order valence-electron chi connectivity index (χ1n) is 12.1. The minimum absolute atomic E-state index is 0.0265. The summed E-state index contributed by atoms with van der Waals surface area (Å²) in [4.78, 5) is 46.7. The molecule has 1 N–H and O–H groups in total. The largest absolute Gasteiger partial charge is 0.342 e. The van der Waals surface area contributed by atoms with Gasteiger partial charge >= 0.3 is 0 Å². The minimum Gasteiger partial charge on any atom is -0.342 e. The molecule has 4 atom stereocenters. The maximum absolute atomic E-state index is 14.8. The molecule has 1 unspecified atom stereocenters. The van der Waals surface area contributed by atoms with Crippen LogP contribution in [-0.2, 0) is 14.4 Å². The smallest absolute Gasteiger partial charge is 0.269 e. The molecule has 2 fully saturated rings. The molecule has 1 aliphatic carbocycles. The topological polar surface area (TPSA) is 91.7 Å². The normalized spacial score (nSPS) is 24.1. The zero-order chi connectivity index (χ0) is 25.2. The van der Waals surface area contributed by atoms with E-state index >= 15 is 0 Å². The van der Waals surface area contributed by atoms with Gasteiger partial charge in [-0.05, 0) is 30.4 Å². The van der Waals surface area contributed by atoms with Gasteiger partial charge in [0.25, 0.3) is 5.91 Å². The van der Waals surface area contributed by atoms with Crippen LogP contribution in [0.5, 0.6) is 0 Å². The Balaban J connectivity index is 1.35. The average molecular weight is 493 g/mol. The van der Waals surface area contributed by atoms with Gasteiger partial charge in [-0.1, -0.05) is 42.5 Å². The number of halogens is 2. The lowest BCUT2D eigenvalue weighted by atomic mass is 10.0. The highest BCUT2D eigenvalue weighted by Crippen LogP contribution is 2.41. The molecule has 1 aromatic heterocycles. The van der Waals surface area contributed by atoms with E-state index in [1.807, 2.05) is 6.07 Å². The number of aromatic nitrogens is 1. The maximum atomic E-state index is 14.8. The molecule has 186 valence electrons. The zero-order valence-corrected chi connectivity index (χ0v) is 19.5. The summed E-state index contributed by atoms with van der Waals surface area (Å²) in [7, 11) is 0. The second-order valence-corrected chi connectivity index (χ2v) is 9.48. The Bertz CT molecular complexity index is 1210. The standard InChI is InChI=1S/C27H26F2N4O3/c28-19-13-22(33(15-19)24(35)12-16-6-11-23(34)30-14-16)27(36)32-25(18-4-2-1-3-5-18)21-10-9-20(17-7-8-17)26(29)31-21/h1-6,9-11,14,16-17,19,22,25H,7-8,12-13,15H2,(H,32,36)/t16?,19-,22+,25+/m1/s1. The Hall–Kier alpha value is -3.75. The van der Waals surface area contributed by atoms with Crippen molar-refractivity contribution in [3.05, 3.63) is 77.4 Å². The molecule has 5 rings (SSSR count). The van der Waals surface area contributed by atoms with Crippen LogP contribution in [0.3, 0.4) is 0 Å². The van der Waals surface area contributed by atoms with Gasteiger partial charge in [0.05, 0.1) is 18.3 Å². The van der Waals surface area contributed by atoms with E-state index < -0.39 is 47.8 Å². The number of pyridine rings is 1. The van der Waals surface area contributed by atoms with Gasteiger partial charge in [0.2, 0.25) is 17.8 Å². The van der Waals surface area contributed by atoms with Gasteiger partial charge in [0.15, 0.2) is 0 Å². The van der Waals surface area contributed by atoms with Crippen molar-refractivity contribution in [3.8, 4) is 0 Å². The molecule has 0 spiro atoms. The molecule has 3 amide bonds. The first-order valence-corrected chi connectivity index (χ1v) is 12.1. The van der Waals surface area contributed by atoms with Gasteiger partial charge in [-0.3, -0.25) is 14.4 Å². The van der Waals surface area contributed by atoms with Crippen molar-refractivity contribution in [2.75, 3.05) is 6.54 Å². The van der Waals surface area contributed by atoms with Gasteiger partial charge in [0.1, 0.15) is 12.2 Å². The number of hydrogen-bond acceptors (Lipinski definition) is 4. The van der Waals surface area contributed by atoms with Crippen LogP contribution >= 0.6 is 0 Å². The van der Waals surface area contributed by atoms with Crippen molar-refractivity contribution in [1.29, 1.82) is 0 Å². The van der Waals surface area contributed by atoms with Gasteiger partial charge < -0.3 is 10.2 Å². The summed E-state index contributed by atoms with van der Waals surface area (Å²) in [6.07, 6.45) is 4.62. The summed E-state index contributed by atoms with van der Waals surface area (Å²) in [5, 5.41) is 2.88. The lowest BCUT2D eigenvalue weighted by Crippen LogP contribution is -2.47. The summed E-state index contributed by atoms with van der Waals surface area (Å²) in [6.45, 7) is -0.192. The lowest BCUT2D eigenvalue weighted by Gasteiger charge is -2.27. The number of allylic oxidation sites excluding steroid dienone is 1. The monoisotopic (exact) mass is 492 g/mol. The van der Waals surface area contributed by atoms with Crippen molar-refractivity contribution in [2.45, 2.75) is 49.9 Å². The number of likely N-dealkylation sites (tertiary alicyclic amines) is 1. The number of carbonyl (C=O) groups excluding carboxylic acids is 3. The fourth-order valence-corrected chi connectivity index (χ4v) is 4.75. The van der Waals surface area contributed by atoms with Crippen LogP contribution in [0.4, 0.5) is 8.78 Å². The molecule has 0 radical (unpaired) electrons. The number of benzene rings is 1. The third-order valence-electron chi connectivity index (χ3n) is 6.79. The zero-order valence-electron chi connectivity index (χ0n) is 19.5. The number of aliphatic imine (C=N–C) groups is 1. The Morgan fingerprint density at radius 1 is 1.14 bits per heavy atom. The summed E-state index contributed by atoms with van der Waals surface area (Å²) in [5.41, 5.74) is 1.60. The molecule has 2 aromatic rings. The fraction of sp³-hybridized carbons (Fsp3) is 0.370. The van der Waals surface area contributed by atoms with E-state index in [1.165, 1.54) is 17.2 Å². The molecule has 1 aromatic carbocycles. The Morgan fingerprint density at radius 2 is 1.92 bits per heavy atom. The number of alkyl halides is 1. The van der Waals surface area contributed by atoms with E-state index in [0.717, 1.165) is 12.8 Å². The Morgan fingerprint density at radius 3 is 2.58 bits per heavy atom. The van der Waals surface area contributed by atoms with Crippen LogP contribution in [0.25, 0.3) is 0 Å².